The highest BCUT2D eigenvalue weighted by Gasteiger charge is 2.18. The van der Waals surface area contributed by atoms with E-state index in [1.54, 1.807) is 0 Å². The molecule has 1 atom stereocenters. The van der Waals surface area contributed by atoms with Crippen LogP contribution in [0.3, 0.4) is 0 Å². The van der Waals surface area contributed by atoms with Crippen molar-refractivity contribution >= 4 is 0 Å². The molecule has 0 bridgehead atoms. The van der Waals surface area contributed by atoms with Gasteiger partial charge in [0.2, 0.25) is 0 Å². The minimum Gasteiger partial charge on any atom is -0.352 e. The van der Waals surface area contributed by atoms with Gasteiger partial charge in [-0.3, -0.25) is 4.90 Å². The standard InChI is InChI=1S/C8H17NO2/c1-3-9-5-6-11-8(7-9)10-4-2/h8H,3-7H2,1-2H3. The second-order valence-corrected chi connectivity index (χ2v) is 2.65. The van der Waals surface area contributed by atoms with Gasteiger partial charge in [-0.1, -0.05) is 6.92 Å². The summed E-state index contributed by atoms with van der Waals surface area (Å²) >= 11 is 0. The molecule has 0 aromatic rings. The summed E-state index contributed by atoms with van der Waals surface area (Å²) in [4.78, 5) is 2.34. The van der Waals surface area contributed by atoms with Crippen molar-refractivity contribution in [2.75, 3.05) is 32.8 Å². The molecule has 0 aromatic carbocycles. The molecule has 0 spiro atoms. The number of ether oxygens (including phenoxy) is 2. The zero-order chi connectivity index (χ0) is 8.10. The molecule has 0 radical (unpaired) electrons. The topological polar surface area (TPSA) is 21.7 Å². The molecule has 1 saturated heterocycles. The highest BCUT2D eigenvalue weighted by atomic mass is 16.7. The lowest BCUT2D eigenvalue weighted by Gasteiger charge is -2.31. The number of hydrogen-bond donors (Lipinski definition) is 0. The van der Waals surface area contributed by atoms with Crippen LogP contribution in [-0.2, 0) is 9.47 Å². The van der Waals surface area contributed by atoms with Gasteiger partial charge in [0.15, 0.2) is 6.29 Å². The Labute approximate surface area is 68.3 Å². The normalized spacial score (nSPS) is 27.3. The third kappa shape index (κ3) is 2.77. The largest absolute Gasteiger partial charge is 0.352 e. The molecule has 3 nitrogen and oxygen atoms in total. The summed E-state index contributed by atoms with van der Waals surface area (Å²) in [7, 11) is 0. The lowest BCUT2D eigenvalue weighted by atomic mass is 10.4. The molecule has 11 heavy (non-hydrogen) atoms. The molecule has 0 N–H and O–H groups in total. The van der Waals surface area contributed by atoms with Gasteiger partial charge < -0.3 is 9.47 Å². The van der Waals surface area contributed by atoms with Gasteiger partial charge in [0.05, 0.1) is 6.61 Å². The van der Waals surface area contributed by atoms with Crippen molar-refractivity contribution in [2.45, 2.75) is 20.1 Å². The van der Waals surface area contributed by atoms with Crippen LogP contribution in [0.25, 0.3) is 0 Å². The van der Waals surface area contributed by atoms with E-state index in [1.807, 2.05) is 6.92 Å². The van der Waals surface area contributed by atoms with Gasteiger partial charge in [0.25, 0.3) is 0 Å². The molecule has 0 aromatic heterocycles. The highest BCUT2D eigenvalue weighted by Crippen LogP contribution is 2.05. The summed E-state index contributed by atoms with van der Waals surface area (Å²) in [5, 5.41) is 0. The fourth-order valence-corrected chi connectivity index (χ4v) is 1.24. The van der Waals surface area contributed by atoms with Crippen molar-refractivity contribution in [3.63, 3.8) is 0 Å². The smallest absolute Gasteiger partial charge is 0.170 e. The van der Waals surface area contributed by atoms with E-state index in [0.717, 1.165) is 32.8 Å². The van der Waals surface area contributed by atoms with Crippen molar-refractivity contribution in [1.29, 1.82) is 0 Å². The number of morpholine rings is 1. The minimum atomic E-state index is 0.00806. The third-order valence-corrected chi connectivity index (χ3v) is 1.92. The Morgan fingerprint density at radius 2 is 2.36 bits per heavy atom. The molecule has 3 heteroatoms. The first-order chi connectivity index (χ1) is 5.36. The Bertz CT molecular complexity index is 106. The third-order valence-electron chi connectivity index (χ3n) is 1.92. The molecular formula is C8H17NO2. The predicted molar refractivity (Wildman–Crippen MR) is 43.5 cm³/mol. The zero-order valence-corrected chi connectivity index (χ0v) is 7.38. The Kier molecular flexibility index (Phi) is 3.83. The van der Waals surface area contributed by atoms with E-state index in [0.29, 0.717) is 0 Å². The maximum Gasteiger partial charge on any atom is 0.170 e. The van der Waals surface area contributed by atoms with Gasteiger partial charge in [-0.15, -0.1) is 0 Å². The number of nitrogens with zero attached hydrogens (tertiary/aromatic N) is 1. The average Bonchev–Trinajstić information content (AvgIpc) is 2.06. The number of hydrogen-bond acceptors (Lipinski definition) is 3. The van der Waals surface area contributed by atoms with Gasteiger partial charge in [-0.2, -0.15) is 0 Å². The maximum atomic E-state index is 5.39. The van der Waals surface area contributed by atoms with Crippen molar-refractivity contribution in [3.05, 3.63) is 0 Å². The van der Waals surface area contributed by atoms with E-state index >= 15 is 0 Å². The monoisotopic (exact) mass is 159 g/mol. The van der Waals surface area contributed by atoms with Crippen LogP contribution in [-0.4, -0.2) is 44.0 Å². The van der Waals surface area contributed by atoms with Gasteiger partial charge in [-0.25, -0.2) is 0 Å². The molecule has 1 fully saturated rings. The first-order valence-corrected chi connectivity index (χ1v) is 4.32. The molecule has 0 amide bonds. The second-order valence-electron chi connectivity index (χ2n) is 2.65. The van der Waals surface area contributed by atoms with Crippen LogP contribution in [0.2, 0.25) is 0 Å². The first-order valence-electron chi connectivity index (χ1n) is 4.32. The van der Waals surface area contributed by atoms with Crippen LogP contribution in [0.1, 0.15) is 13.8 Å². The summed E-state index contributed by atoms with van der Waals surface area (Å²) in [6, 6.07) is 0. The molecule has 1 aliphatic heterocycles. The highest BCUT2D eigenvalue weighted by molar-refractivity contribution is 4.63. The van der Waals surface area contributed by atoms with Gasteiger partial charge in [0.1, 0.15) is 0 Å². The molecule has 0 aliphatic carbocycles. The van der Waals surface area contributed by atoms with E-state index in [2.05, 4.69) is 11.8 Å². The van der Waals surface area contributed by atoms with Crippen LogP contribution < -0.4 is 0 Å². The van der Waals surface area contributed by atoms with Crippen LogP contribution in [0.4, 0.5) is 0 Å². The summed E-state index contributed by atoms with van der Waals surface area (Å²) in [6.45, 7) is 8.75. The van der Waals surface area contributed by atoms with E-state index in [1.165, 1.54) is 0 Å². The van der Waals surface area contributed by atoms with Gasteiger partial charge in [-0.05, 0) is 13.5 Å². The lowest BCUT2D eigenvalue weighted by Crippen LogP contribution is -2.43. The molecular weight excluding hydrogens is 142 g/mol. The van der Waals surface area contributed by atoms with Crippen LogP contribution in [0, 0.1) is 0 Å². The van der Waals surface area contributed by atoms with Crippen molar-refractivity contribution < 1.29 is 9.47 Å². The molecule has 1 heterocycles. The average molecular weight is 159 g/mol. The van der Waals surface area contributed by atoms with Gasteiger partial charge >= 0.3 is 0 Å². The molecule has 1 rings (SSSR count). The van der Waals surface area contributed by atoms with E-state index in [-0.39, 0.29) is 6.29 Å². The zero-order valence-electron chi connectivity index (χ0n) is 7.38. The molecule has 1 aliphatic rings. The number of likely N-dealkylation sites (N-methyl/N-ethyl adjacent to an activating group) is 1. The van der Waals surface area contributed by atoms with E-state index in [4.69, 9.17) is 9.47 Å². The number of rotatable bonds is 3. The van der Waals surface area contributed by atoms with Crippen molar-refractivity contribution in [2.24, 2.45) is 0 Å². The second kappa shape index (κ2) is 4.70. The van der Waals surface area contributed by atoms with Crippen molar-refractivity contribution in [1.82, 2.24) is 4.90 Å². The van der Waals surface area contributed by atoms with Crippen molar-refractivity contribution in [3.8, 4) is 0 Å². The van der Waals surface area contributed by atoms with Crippen LogP contribution >= 0.6 is 0 Å². The van der Waals surface area contributed by atoms with E-state index < -0.39 is 0 Å². The lowest BCUT2D eigenvalue weighted by molar-refractivity contribution is -0.176. The Morgan fingerprint density at radius 1 is 1.55 bits per heavy atom. The van der Waals surface area contributed by atoms with Gasteiger partial charge in [0, 0.05) is 19.7 Å². The molecule has 66 valence electrons. The Balaban J connectivity index is 2.21. The summed E-state index contributed by atoms with van der Waals surface area (Å²) in [6.07, 6.45) is 0.00806. The Hall–Kier alpha value is -0.120. The summed E-state index contributed by atoms with van der Waals surface area (Å²) in [5.41, 5.74) is 0. The quantitative estimate of drug-likeness (QED) is 0.605. The Morgan fingerprint density at radius 3 is 3.00 bits per heavy atom. The van der Waals surface area contributed by atoms with Crippen LogP contribution in [0.15, 0.2) is 0 Å². The molecule has 1 unspecified atom stereocenters. The summed E-state index contributed by atoms with van der Waals surface area (Å²) in [5.74, 6) is 0. The SMILES string of the molecule is CCOC1CN(CC)CCO1. The fourth-order valence-electron chi connectivity index (χ4n) is 1.24. The first kappa shape index (κ1) is 8.97. The van der Waals surface area contributed by atoms with E-state index in [9.17, 15) is 0 Å². The summed E-state index contributed by atoms with van der Waals surface area (Å²) < 4.78 is 10.7. The molecule has 0 saturated carbocycles. The maximum absolute atomic E-state index is 5.39. The van der Waals surface area contributed by atoms with Crippen LogP contribution in [0.5, 0.6) is 0 Å². The predicted octanol–water partition coefficient (Wildman–Crippen LogP) is 0.701. The fraction of sp³-hybridized carbons (Fsp3) is 1.00. The minimum absolute atomic E-state index is 0.00806.